The molecule has 148 valence electrons. The summed E-state index contributed by atoms with van der Waals surface area (Å²) < 4.78 is 5.70. The highest BCUT2D eigenvalue weighted by molar-refractivity contribution is 6.09. The summed E-state index contributed by atoms with van der Waals surface area (Å²) in [4.78, 5) is 24.4. The van der Waals surface area contributed by atoms with Gasteiger partial charge in [-0.05, 0) is 46.7 Å². The number of aromatic carboxylic acids is 1. The number of benzene rings is 4. The number of fused-ring (bicyclic) bond motifs is 1. The van der Waals surface area contributed by atoms with Crippen LogP contribution in [0.5, 0.6) is 5.75 Å². The molecule has 5 nitrogen and oxygen atoms in total. The highest BCUT2D eigenvalue weighted by atomic mass is 16.5. The first-order valence-electron chi connectivity index (χ1n) is 9.44. The molecule has 5 heteroatoms. The van der Waals surface area contributed by atoms with Crippen molar-refractivity contribution >= 4 is 28.3 Å². The second kappa shape index (κ2) is 8.49. The monoisotopic (exact) mass is 397 g/mol. The molecule has 2 N–H and O–H groups in total. The maximum absolute atomic E-state index is 12.7. The highest BCUT2D eigenvalue weighted by Crippen LogP contribution is 2.24. The molecule has 0 heterocycles. The normalized spacial score (nSPS) is 10.5. The predicted octanol–water partition coefficient (Wildman–Crippen LogP) is 5.37. The molecule has 0 bridgehead atoms. The van der Waals surface area contributed by atoms with Crippen molar-refractivity contribution in [3.63, 3.8) is 0 Å². The molecule has 4 aromatic carbocycles. The number of hydrogen-bond acceptors (Lipinski definition) is 3. The maximum atomic E-state index is 12.7. The van der Waals surface area contributed by atoms with Crippen molar-refractivity contribution in [3.05, 3.63) is 108 Å². The molecule has 0 unspecified atom stereocenters. The van der Waals surface area contributed by atoms with Crippen LogP contribution in [0.2, 0.25) is 0 Å². The van der Waals surface area contributed by atoms with Gasteiger partial charge in [-0.15, -0.1) is 0 Å². The second-order valence-corrected chi connectivity index (χ2v) is 6.80. The molecule has 4 aromatic rings. The van der Waals surface area contributed by atoms with E-state index in [1.807, 2.05) is 60.7 Å². The number of carbonyl (C=O) groups is 2. The van der Waals surface area contributed by atoms with Gasteiger partial charge in [0.15, 0.2) is 0 Å². The smallest absolute Gasteiger partial charge is 0.337 e. The summed E-state index contributed by atoms with van der Waals surface area (Å²) in [5.41, 5.74) is 1.61. The molecule has 0 aliphatic carbocycles. The van der Waals surface area contributed by atoms with Crippen LogP contribution < -0.4 is 10.1 Å². The SMILES string of the molecule is O=C(Nc1ccc(OCc2ccccc2)cc1C(=O)O)c1ccc2ccccc2c1. The number of ether oxygens (including phenoxy) is 1. The molecule has 30 heavy (non-hydrogen) atoms. The van der Waals surface area contributed by atoms with Crippen LogP contribution in [0.25, 0.3) is 10.8 Å². The lowest BCUT2D eigenvalue weighted by Gasteiger charge is -2.12. The van der Waals surface area contributed by atoms with Crippen LogP contribution in [0.4, 0.5) is 5.69 Å². The van der Waals surface area contributed by atoms with Crippen molar-refractivity contribution in [2.75, 3.05) is 5.32 Å². The Balaban J connectivity index is 1.53. The van der Waals surface area contributed by atoms with Gasteiger partial charge < -0.3 is 15.2 Å². The van der Waals surface area contributed by atoms with E-state index in [0.29, 0.717) is 17.9 Å². The van der Waals surface area contributed by atoms with Gasteiger partial charge in [-0.1, -0.05) is 60.7 Å². The third-order valence-corrected chi connectivity index (χ3v) is 4.73. The minimum absolute atomic E-state index is 0.0327. The maximum Gasteiger partial charge on any atom is 0.337 e. The van der Waals surface area contributed by atoms with E-state index in [4.69, 9.17) is 4.74 Å². The van der Waals surface area contributed by atoms with Crippen LogP contribution in [0.3, 0.4) is 0 Å². The minimum Gasteiger partial charge on any atom is -0.489 e. The average molecular weight is 397 g/mol. The van der Waals surface area contributed by atoms with Crippen LogP contribution in [-0.2, 0) is 6.61 Å². The zero-order valence-corrected chi connectivity index (χ0v) is 16.0. The Bertz CT molecular complexity index is 1220. The number of amides is 1. The van der Waals surface area contributed by atoms with E-state index in [1.54, 1.807) is 24.3 Å². The van der Waals surface area contributed by atoms with Crippen molar-refractivity contribution in [1.82, 2.24) is 0 Å². The van der Waals surface area contributed by atoms with Crippen molar-refractivity contribution < 1.29 is 19.4 Å². The van der Waals surface area contributed by atoms with Crippen molar-refractivity contribution in [2.24, 2.45) is 0 Å². The van der Waals surface area contributed by atoms with Crippen LogP contribution >= 0.6 is 0 Å². The summed E-state index contributed by atoms with van der Waals surface area (Å²) in [5, 5.41) is 14.3. The van der Waals surface area contributed by atoms with Gasteiger partial charge in [-0.3, -0.25) is 4.79 Å². The molecular weight excluding hydrogens is 378 g/mol. The van der Waals surface area contributed by atoms with Crippen molar-refractivity contribution in [3.8, 4) is 5.75 Å². The number of rotatable bonds is 6. The fraction of sp³-hybridized carbons (Fsp3) is 0.0400. The molecule has 0 aliphatic heterocycles. The predicted molar refractivity (Wildman–Crippen MR) is 116 cm³/mol. The first-order valence-corrected chi connectivity index (χ1v) is 9.44. The van der Waals surface area contributed by atoms with E-state index >= 15 is 0 Å². The zero-order chi connectivity index (χ0) is 20.9. The molecule has 0 fully saturated rings. The Hall–Kier alpha value is -4.12. The van der Waals surface area contributed by atoms with E-state index in [2.05, 4.69) is 5.32 Å². The van der Waals surface area contributed by atoms with Crippen LogP contribution in [-0.4, -0.2) is 17.0 Å². The van der Waals surface area contributed by atoms with E-state index in [9.17, 15) is 14.7 Å². The van der Waals surface area contributed by atoms with Gasteiger partial charge in [0.1, 0.15) is 12.4 Å². The summed E-state index contributed by atoms with van der Waals surface area (Å²) >= 11 is 0. The number of hydrogen-bond donors (Lipinski definition) is 2. The molecule has 0 saturated heterocycles. The van der Waals surface area contributed by atoms with Gasteiger partial charge in [0.05, 0.1) is 11.3 Å². The number of nitrogens with one attached hydrogen (secondary N) is 1. The molecule has 0 atom stereocenters. The van der Waals surface area contributed by atoms with Gasteiger partial charge in [0.2, 0.25) is 0 Å². The first-order chi connectivity index (χ1) is 14.6. The van der Waals surface area contributed by atoms with Gasteiger partial charge in [0, 0.05) is 5.56 Å². The summed E-state index contributed by atoms with van der Waals surface area (Å²) in [6.45, 7) is 0.322. The molecule has 4 rings (SSSR count). The number of anilines is 1. The minimum atomic E-state index is -1.14. The topological polar surface area (TPSA) is 75.6 Å². The van der Waals surface area contributed by atoms with Crippen molar-refractivity contribution in [1.29, 1.82) is 0 Å². The van der Waals surface area contributed by atoms with Gasteiger partial charge >= 0.3 is 5.97 Å². The molecule has 0 saturated carbocycles. The largest absolute Gasteiger partial charge is 0.489 e. The van der Waals surface area contributed by atoms with Crippen LogP contribution in [0, 0.1) is 0 Å². The summed E-state index contributed by atoms with van der Waals surface area (Å²) in [6, 6.07) is 27.3. The Morgan fingerprint density at radius 3 is 2.30 bits per heavy atom. The van der Waals surface area contributed by atoms with Crippen LogP contribution in [0.15, 0.2) is 91.0 Å². The fourth-order valence-corrected chi connectivity index (χ4v) is 3.17. The van der Waals surface area contributed by atoms with E-state index < -0.39 is 5.97 Å². The third kappa shape index (κ3) is 4.31. The quantitative estimate of drug-likeness (QED) is 0.459. The molecule has 1 amide bonds. The van der Waals surface area contributed by atoms with Crippen LogP contribution in [0.1, 0.15) is 26.3 Å². The Morgan fingerprint density at radius 2 is 1.53 bits per heavy atom. The standard InChI is InChI=1S/C25H19NO4/c27-24(20-11-10-18-8-4-5-9-19(18)14-20)26-23-13-12-21(15-22(23)25(28)29)30-16-17-6-2-1-3-7-17/h1-15H,16H2,(H,26,27)(H,28,29). The Kier molecular flexibility index (Phi) is 5.44. The highest BCUT2D eigenvalue weighted by Gasteiger charge is 2.15. The summed E-state index contributed by atoms with van der Waals surface area (Å²) in [6.07, 6.45) is 0. The van der Waals surface area contributed by atoms with Gasteiger partial charge in [0.25, 0.3) is 5.91 Å². The molecular formula is C25H19NO4. The first kappa shape index (κ1) is 19.2. The molecule has 0 aliphatic rings. The zero-order valence-electron chi connectivity index (χ0n) is 16.0. The van der Waals surface area contributed by atoms with E-state index in [1.165, 1.54) is 6.07 Å². The summed E-state index contributed by atoms with van der Waals surface area (Å²) in [5.74, 6) is -1.10. The number of carboxylic acids is 1. The lowest BCUT2D eigenvalue weighted by Crippen LogP contribution is -2.15. The Morgan fingerprint density at radius 1 is 0.800 bits per heavy atom. The third-order valence-electron chi connectivity index (χ3n) is 4.73. The summed E-state index contributed by atoms with van der Waals surface area (Å²) in [7, 11) is 0. The second-order valence-electron chi connectivity index (χ2n) is 6.80. The lowest BCUT2D eigenvalue weighted by atomic mass is 10.1. The van der Waals surface area contributed by atoms with Gasteiger partial charge in [-0.25, -0.2) is 4.79 Å². The number of carbonyl (C=O) groups excluding carboxylic acids is 1. The van der Waals surface area contributed by atoms with E-state index in [0.717, 1.165) is 16.3 Å². The molecule has 0 radical (unpaired) electrons. The molecule has 0 aromatic heterocycles. The fourth-order valence-electron chi connectivity index (χ4n) is 3.17. The van der Waals surface area contributed by atoms with Crippen molar-refractivity contribution in [2.45, 2.75) is 6.61 Å². The van der Waals surface area contributed by atoms with E-state index in [-0.39, 0.29) is 17.2 Å². The average Bonchev–Trinajstić information content (AvgIpc) is 2.78. The number of carboxylic acid groups (broad SMARTS) is 1. The van der Waals surface area contributed by atoms with Gasteiger partial charge in [-0.2, -0.15) is 0 Å². The Labute approximate surface area is 173 Å². The lowest BCUT2D eigenvalue weighted by molar-refractivity contribution is 0.0697. The molecule has 0 spiro atoms.